The van der Waals surface area contributed by atoms with E-state index in [0.717, 1.165) is 17.9 Å². The van der Waals surface area contributed by atoms with Gasteiger partial charge >= 0.3 is 0 Å². The van der Waals surface area contributed by atoms with Crippen molar-refractivity contribution in [3.05, 3.63) is 30.1 Å². The molecule has 1 amide bonds. The van der Waals surface area contributed by atoms with E-state index in [2.05, 4.69) is 33.9 Å². The molecule has 0 aliphatic rings. The number of para-hydroxylation sites is 2. The lowest BCUT2D eigenvalue weighted by Crippen LogP contribution is -2.21. The molecule has 2 rings (SSSR count). The van der Waals surface area contributed by atoms with Crippen LogP contribution in [-0.4, -0.2) is 15.5 Å². The van der Waals surface area contributed by atoms with E-state index in [9.17, 15) is 4.79 Å². The number of unbranched alkanes of at least 4 members (excludes halogenated alkanes) is 7. The van der Waals surface area contributed by atoms with Crippen LogP contribution in [0.3, 0.4) is 0 Å². The standard InChI is InChI=1S/C20H31N3O/c1-3-4-5-6-7-8-9-12-15-23-19-14-11-10-13-18(19)22-20(23)16-21-17(2)24/h10-11,13-14H,3-9,12,15-16H2,1-2H3,(H,21,24). The van der Waals surface area contributed by atoms with E-state index in [-0.39, 0.29) is 5.91 Å². The number of carbonyl (C=O) groups is 1. The lowest BCUT2D eigenvalue weighted by atomic mass is 10.1. The van der Waals surface area contributed by atoms with Gasteiger partial charge in [-0.15, -0.1) is 0 Å². The summed E-state index contributed by atoms with van der Waals surface area (Å²) >= 11 is 0. The van der Waals surface area contributed by atoms with E-state index in [0.29, 0.717) is 6.54 Å². The van der Waals surface area contributed by atoms with Gasteiger partial charge in [0.2, 0.25) is 5.91 Å². The highest BCUT2D eigenvalue weighted by molar-refractivity contribution is 5.76. The van der Waals surface area contributed by atoms with E-state index in [4.69, 9.17) is 0 Å². The van der Waals surface area contributed by atoms with E-state index < -0.39 is 0 Å². The molecule has 24 heavy (non-hydrogen) atoms. The van der Waals surface area contributed by atoms with Crippen molar-refractivity contribution in [1.29, 1.82) is 0 Å². The van der Waals surface area contributed by atoms with Crippen LogP contribution in [0, 0.1) is 0 Å². The fraction of sp³-hybridized carbons (Fsp3) is 0.600. The van der Waals surface area contributed by atoms with E-state index in [1.54, 1.807) is 6.92 Å². The van der Waals surface area contributed by atoms with Gasteiger partial charge < -0.3 is 9.88 Å². The Bertz CT molecular complexity index is 633. The third-order valence-corrected chi connectivity index (χ3v) is 4.46. The van der Waals surface area contributed by atoms with Crippen molar-refractivity contribution in [1.82, 2.24) is 14.9 Å². The molecule has 0 aliphatic carbocycles. The maximum absolute atomic E-state index is 11.2. The number of nitrogens with one attached hydrogen (secondary N) is 1. The highest BCUT2D eigenvalue weighted by Gasteiger charge is 2.10. The number of amides is 1. The first-order valence-corrected chi connectivity index (χ1v) is 9.41. The second-order valence-corrected chi connectivity index (χ2v) is 6.55. The molecule has 1 aromatic heterocycles. The van der Waals surface area contributed by atoms with Crippen molar-refractivity contribution in [2.45, 2.75) is 78.3 Å². The summed E-state index contributed by atoms with van der Waals surface area (Å²) in [6, 6.07) is 8.22. The largest absolute Gasteiger partial charge is 0.349 e. The molecular formula is C20H31N3O. The number of aryl methyl sites for hydroxylation is 1. The van der Waals surface area contributed by atoms with Gasteiger partial charge in [0, 0.05) is 13.5 Å². The quantitative estimate of drug-likeness (QED) is 0.601. The Kier molecular flexibility index (Phi) is 7.80. The molecule has 0 saturated heterocycles. The summed E-state index contributed by atoms with van der Waals surface area (Å²) in [5.41, 5.74) is 2.18. The van der Waals surface area contributed by atoms with Gasteiger partial charge in [0.15, 0.2) is 0 Å². The molecule has 0 bridgehead atoms. The monoisotopic (exact) mass is 329 g/mol. The molecule has 1 heterocycles. The molecule has 1 aromatic carbocycles. The SMILES string of the molecule is CCCCCCCCCCn1c(CNC(C)=O)nc2ccccc21. The maximum atomic E-state index is 11.2. The molecule has 1 N–H and O–H groups in total. The van der Waals surface area contributed by atoms with Gasteiger partial charge in [-0.2, -0.15) is 0 Å². The summed E-state index contributed by atoms with van der Waals surface area (Å²) in [6.45, 7) is 5.28. The van der Waals surface area contributed by atoms with Crippen LogP contribution in [0.5, 0.6) is 0 Å². The fourth-order valence-electron chi connectivity index (χ4n) is 3.12. The van der Waals surface area contributed by atoms with E-state index >= 15 is 0 Å². The van der Waals surface area contributed by atoms with E-state index in [1.165, 1.54) is 56.9 Å². The fourth-order valence-corrected chi connectivity index (χ4v) is 3.12. The number of aromatic nitrogens is 2. The van der Waals surface area contributed by atoms with Crippen molar-refractivity contribution >= 4 is 16.9 Å². The van der Waals surface area contributed by atoms with Crippen molar-refractivity contribution in [2.75, 3.05) is 0 Å². The van der Waals surface area contributed by atoms with Crippen LogP contribution in [0.15, 0.2) is 24.3 Å². The number of benzene rings is 1. The van der Waals surface area contributed by atoms with Gasteiger partial charge in [-0.25, -0.2) is 4.98 Å². The number of carbonyl (C=O) groups excluding carboxylic acids is 1. The van der Waals surface area contributed by atoms with Gasteiger partial charge in [0.05, 0.1) is 17.6 Å². The summed E-state index contributed by atoms with van der Waals surface area (Å²) in [7, 11) is 0. The summed E-state index contributed by atoms with van der Waals surface area (Å²) in [6.07, 6.45) is 10.5. The molecule has 0 atom stereocenters. The molecule has 0 radical (unpaired) electrons. The van der Waals surface area contributed by atoms with Gasteiger partial charge in [0.1, 0.15) is 5.82 Å². The average Bonchev–Trinajstić information content (AvgIpc) is 2.93. The molecule has 0 fully saturated rings. The van der Waals surface area contributed by atoms with Crippen LogP contribution in [0.25, 0.3) is 11.0 Å². The van der Waals surface area contributed by atoms with Crippen LogP contribution in [-0.2, 0) is 17.9 Å². The van der Waals surface area contributed by atoms with Crippen LogP contribution in [0.1, 0.15) is 71.0 Å². The number of imidazole rings is 1. The molecule has 0 unspecified atom stereocenters. The minimum atomic E-state index is -0.0133. The van der Waals surface area contributed by atoms with E-state index in [1.807, 2.05) is 12.1 Å². The molecule has 0 spiro atoms. The van der Waals surface area contributed by atoms with Gasteiger partial charge in [-0.1, -0.05) is 64.0 Å². The Labute approximate surface area is 145 Å². The van der Waals surface area contributed by atoms with Gasteiger partial charge in [-0.3, -0.25) is 4.79 Å². The third-order valence-electron chi connectivity index (χ3n) is 4.46. The van der Waals surface area contributed by atoms with Gasteiger partial charge in [-0.05, 0) is 18.6 Å². The van der Waals surface area contributed by atoms with Crippen LogP contribution in [0.2, 0.25) is 0 Å². The number of hydrogen-bond donors (Lipinski definition) is 1. The second kappa shape index (κ2) is 10.1. The normalized spacial score (nSPS) is 11.1. The Hall–Kier alpha value is -1.84. The predicted octanol–water partition coefficient (Wildman–Crippen LogP) is 4.81. The number of hydrogen-bond acceptors (Lipinski definition) is 2. The van der Waals surface area contributed by atoms with Crippen molar-refractivity contribution in [3.8, 4) is 0 Å². The molecule has 132 valence electrons. The van der Waals surface area contributed by atoms with Crippen LogP contribution < -0.4 is 5.32 Å². The zero-order valence-electron chi connectivity index (χ0n) is 15.2. The van der Waals surface area contributed by atoms with Crippen LogP contribution >= 0.6 is 0 Å². The number of rotatable bonds is 11. The second-order valence-electron chi connectivity index (χ2n) is 6.55. The first-order chi connectivity index (χ1) is 11.7. The topological polar surface area (TPSA) is 46.9 Å². The average molecular weight is 329 g/mol. The molecule has 4 nitrogen and oxygen atoms in total. The maximum Gasteiger partial charge on any atom is 0.217 e. The smallest absolute Gasteiger partial charge is 0.217 e. The highest BCUT2D eigenvalue weighted by Crippen LogP contribution is 2.18. The summed E-state index contributed by atoms with van der Waals surface area (Å²) in [5, 5.41) is 2.87. The number of nitrogens with zero attached hydrogens (tertiary/aromatic N) is 2. The summed E-state index contributed by atoms with van der Waals surface area (Å²) < 4.78 is 2.27. The Morgan fingerprint density at radius 1 is 1.04 bits per heavy atom. The van der Waals surface area contributed by atoms with Crippen molar-refractivity contribution in [2.24, 2.45) is 0 Å². The van der Waals surface area contributed by atoms with Crippen molar-refractivity contribution in [3.63, 3.8) is 0 Å². The minimum absolute atomic E-state index is 0.0133. The molecular weight excluding hydrogens is 298 g/mol. The zero-order chi connectivity index (χ0) is 17.2. The zero-order valence-corrected chi connectivity index (χ0v) is 15.2. The molecule has 4 heteroatoms. The predicted molar refractivity (Wildman–Crippen MR) is 99.9 cm³/mol. The lowest BCUT2D eigenvalue weighted by molar-refractivity contribution is -0.119. The summed E-state index contributed by atoms with van der Waals surface area (Å²) in [5.74, 6) is 0.940. The van der Waals surface area contributed by atoms with Gasteiger partial charge in [0.25, 0.3) is 0 Å². The lowest BCUT2D eigenvalue weighted by Gasteiger charge is -2.09. The Morgan fingerprint density at radius 3 is 2.42 bits per heavy atom. The first-order valence-electron chi connectivity index (χ1n) is 9.41. The molecule has 2 aromatic rings. The molecule has 0 aliphatic heterocycles. The minimum Gasteiger partial charge on any atom is -0.349 e. The Balaban J connectivity index is 1.87. The third kappa shape index (κ3) is 5.66. The Morgan fingerprint density at radius 2 is 1.71 bits per heavy atom. The van der Waals surface area contributed by atoms with Crippen molar-refractivity contribution < 1.29 is 4.79 Å². The molecule has 0 saturated carbocycles. The highest BCUT2D eigenvalue weighted by atomic mass is 16.1. The van der Waals surface area contributed by atoms with Crippen LogP contribution in [0.4, 0.5) is 0 Å². The number of fused-ring (bicyclic) bond motifs is 1. The summed E-state index contributed by atoms with van der Waals surface area (Å²) in [4.78, 5) is 15.9. The first kappa shape index (κ1) is 18.5.